The van der Waals surface area contributed by atoms with Crippen molar-refractivity contribution in [2.75, 3.05) is 0 Å². The molecule has 0 atom stereocenters. The second-order valence-corrected chi connectivity index (χ2v) is 8.25. The fourth-order valence-corrected chi connectivity index (χ4v) is 3.91. The summed E-state index contributed by atoms with van der Waals surface area (Å²) >= 11 is 4.69. The summed E-state index contributed by atoms with van der Waals surface area (Å²) in [5.74, 6) is -0.993. The topological polar surface area (TPSA) is 84.0 Å². The van der Waals surface area contributed by atoms with Crippen LogP contribution in [0.15, 0.2) is 58.2 Å². The van der Waals surface area contributed by atoms with Crippen molar-refractivity contribution in [2.24, 2.45) is 0 Å². The standard InChI is InChI=1S/C21H18BrFN4O2S/c1-12-9-13(2)25-21(24-12)30-11-14-3-5-15(6-4-14)19(28)26-27-20(29)17-10-16(23)7-8-18(17)22/h3-10H,11H2,1-2H3,(H,26,28)(H,27,29). The van der Waals surface area contributed by atoms with Crippen LogP contribution in [0.1, 0.15) is 37.7 Å². The number of nitrogens with one attached hydrogen (secondary N) is 2. The van der Waals surface area contributed by atoms with Crippen LogP contribution in [0, 0.1) is 19.7 Å². The van der Waals surface area contributed by atoms with E-state index in [2.05, 4.69) is 36.7 Å². The van der Waals surface area contributed by atoms with Gasteiger partial charge < -0.3 is 0 Å². The lowest BCUT2D eigenvalue weighted by Crippen LogP contribution is -2.41. The molecule has 2 aromatic carbocycles. The molecule has 0 bridgehead atoms. The van der Waals surface area contributed by atoms with Gasteiger partial charge in [-0.3, -0.25) is 20.4 Å². The second kappa shape index (κ2) is 9.82. The summed E-state index contributed by atoms with van der Waals surface area (Å²) in [4.78, 5) is 33.2. The number of aromatic nitrogens is 2. The minimum absolute atomic E-state index is 0.0799. The van der Waals surface area contributed by atoms with Crippen LogP contribution < -0.4 is 10.9 Å². The minimum Gasteiger partial charge on any atom is -0.267 e. The predicted molar refractivity (Wildman–Crippen MR) is 117 cm³/mol. The van der Waals surface area contributed by atoms with Crippen molar-refractivity contribution in [3.63, 3.8) is 0 Å². The molecular formula is C21H18BrFN4O2S. The highest BCUT2D eigenvalue weighted by molar-refractivity contribution is 9.10. The van der Waals surface area contributed by atoms with Gasteiger partial charge in [0.25, 0.3) is 11.8 Å². The Hall–Kier alpha value is -2.78. The third kappa shape index (κ3) is 5.87. The first-order valence-corrected chi connectivity index (χ1v) is 10.7. The zero-order valence-corrected chi connectivity index (χ0v) is 18.6. The molecule has 0 fully saturated rings. The summed E-state index contributed by atoms with van der Waals surface area (Å²) in [6.45, 7) is 3.86. The van der Waals surface area contributed by atoms with Gasteiger partial charge in [0.15, 0.2) is 5.16 Å². The van der Waals surface area contributed by atoms with E-state index in [1.165, 1.54) is 23.9 Å². The van der Waals surface area contributed by atoms with Crippen LogP contribution in [0.2, 0.25) is 0 Å². The van der Waals surface area contributed by atoms with Crippen molar-refractivity contribution in [1.82, 2.24) is 20.8 Å². The molecule has 2 N–H and O–H groups in total. The van der Waals surface area contributed by atoms with Crippen molar-refractivity contribution < 1.29 is 14.0 Å². The molecule has 0 aliphatic heterocycles. The van der Waals surface area contributed by atoms with Gasteiger partial charge in [-0.15, -0.1) is 0 Å². The third-order valence-electron chi connectivity index (χ3n) is 4.01. The van der Waals surface area contributed by atoms with E-state index in [0.29, 0.717) is 20.9 Å². The van der Waals surface area contributed by atoms with E-state index >= 15 is 0 Å². The molecule has 2 amide bonds. The van der Waals surface area contributed by atoms with Gasteiger partial charge in [0, 0.05) is 27.2 Å². The van der Waals surface area contributed by atoms with E-state index in [4.69, 9.17) is 0 Å². The molecule has 0 spiro atoms. The Labute approximate surface area is 185 Å². The maximum Gasteiger partial charge on any atom is 0.270 e. The zero-order valence-electron chi connectivity index (χ0n) is 16.2. The average Bonchev–Trinajstić information content (AvgIpc) is 2.71. The van der Waals surface area contributed by atoms with Gasteiger partial charge in [-0.05, 0) is 71.7 Å². The van der Waals surface area contributed by atoms with Crippen LogP contribution >= 0.6 is 27.7 Å². The van der Waals surface area contributed by atoms with Gasteiger partial charge in [0.1, 0.15) is 5.82 Å². The Balaban J connectivity index is 1.55. The van der Waals surface area contributed by atoms with Crippen molar-refractivity contribution in [1.29, 1.82) is 0 Å². The van der Waals surface area contributed by atoms with E-state index in [-0.39, 0.29) is 5.56 Å². The van der Waals surface area contributed by atoms with Gasteiger partial charge >= 0.3 is 0 Å². The molecule has 0 aliphatic carbocycles. The molecular weight excluding hydrogens is 471 g/mol. The Bertz CT molecular complexity index is 1070. The molecule has 0 radical (unpaired) electrons. The monoisotopic (exact) mass is 488 g/mol. The number of hydrogen-bond acceptors (Lipinski definition) is 5. The molecule has 30 heavy (non-hydrogen) atoms. The molecule has 1 heterocycles. The molecule has 6 nitrogen and oxygen atoms in total. The smallest absolute Gasteiger partial charge is 0.267 e. The van der Waals surface area contributed by atoms with Crippen LogP contribution in [0.5, 0.6) is 0 Å². The lowest BCUT2D eigenvalue weighted by atomic mass is 10.1. The zero-order chi connectivity index (χ0) is 21.7. The van der Waals surface area contributed by atoms with Crippen LogP contribution in [0.4, 0.5) is 4.39 Å². The first kappa shape index (κ1) is 21.9. The minimum atomic E-state index is -0.629. The summed E-state index contributed by atoms with van der Waals surface area (Å²) in [6, 6.07) is 12.6. The van der Waals surface area contributed by atoms with E-state index in [0.717, 1.165) is 23.0 Å². The Morgan fingerprint density at radius 2 is 1.60 bits per heavy atom. The van der Waals surface area contributed by atoms with Crippen molar-refractivity contribution in [2.45, 2.75) is 24.8 Å². The quantitative estimate of drug-likeness (QED) is 0.316. The summed E-state index contributed by atoms with van der Waals surface area (Å²) in [7, 11) is 0. The number of thioether (sulfide) groups is 1. The fourth-order valence-electron chi connectivity index (χ4n) is 2.58. The van der Waals surface area contributed by atoms with Gasteiger partial charge in [0.05, 0.1) is 5.56 Å². The molecule has 0 unspecified atom stereocenters. The fraction of sp³-hybridized carbons (Fsp3) is 0.143. The van der Waals surface area contributed by atoms with Gasteiger partial charge in [-0.1, -0.05) is 23.9 Å². The SMILES string of the molecule is Cc1cc(C)nc(SCc2ccc(C(=O)NNC(=O)c3cc(F)ccc3Br)cc2)n1. The van der Waals surface area contributed by atoms with Crippen LogP contribution in [-0.4, -0.2) is 21.8 Å². The molecule has 1 aromatic heterocycles. The molecule has 3 rings (SSSR count). The lowest BCUT2D eigenvalue weighted by Gasteiger charge is -2.09. The molecule has 0 saturated carbocycles. The summed E-state index contributed by atoms with van der Waals surface area (Å²) in [5, 5.41) is 0.709. The number of carbonyl (C=O) groups is 2. The number of hydrogen-bond donors (Lipinski definition) is 2. The second-order valence-electron chi connectivity index (χ2n) is 6.45. The van der Waals surface area contributed by atoms with Crippen molar-refractivity contribution in [3.05, 3.63) is 86.9 Å². The normalized spacial score (nSPS) is 10.5. The predicted octanol–water partition coefficient (Wildman–Crippen LogP) is 4.36. The number of aryl methyl sites for hydroxylation is 2. The first-order valence-electron chi connectivity index (χ1n) is 8.91. The highest BCUT2D eigenvalue weighted by atomic mass is 79.9. The maximum absolute atomic E-state index is 13.3. The largest absolute Gasteiger partial charge is 0.270 e. The van der Waals surface area contributed by atoms with Crippen LogP contribution in [-0.2, 0) is 5.75 Å². The Morgan fingerprint density at radius 3 is 2.27 bits per heavy atom. The Morgan fingerprint density at radius 1 is 0.967 bits per heavy atom. The van der Waals surface area contributed by atoms with Gasteiger partial charge in [0.2, 0.25) is 0 Å². The number of rotatable bonds is 5. The van der Waals surface area contributed by atoms with Gasteiger partial charge in [-0.25, -0.2) is 14.4 Å². The summed E-state index contributed by atoms with van der Waals surface area (Å²) < 4.78 is 13.7. The van der Waals surface area contributed by atoms with Crippen LogP contribution in [0.25, 0.3) is 0 Å². The highest BCUT2D eigenvalue weighted by Gasteiger charge is 2.13. The maximum atomic E-state index is 13.3. The molecule has 154 valence electrons. The lowest BCUT2D eigenvalue weighted by molar-refractivity contribution is 0.0846. The highest BCUT2D eigenvalue weighted by Crippen LogP contribution is 2.20. The van der Waals surface area contributed by atoms with E-state index in [1.54, 1.807) is 12.1 Å². The van der Waals surface area contributed by atoms with E-state index in [9.17, 15) is 14.0 Å². The summed E-state index contributed by atoms with van der Waals surface area (Å²) in [5.41, 5.74) is 7.92. The number of carbonyl (C=O) groups excluding carboxylic acids is 2. The first-order chi connectivity index (χ1) is 14.3. The Kier molecular flexibility index (Phi) is 7.17. The molecule has 0 saturated heterocycles. The number of benzene rings is 2. The van der Waals surface area contributed by atoms with E-state index < -0.39 is 17.6 Å². The third-order valence-corrected chi connectivity index (χ3v) is 5.62. The number of halogens is 2. The van der Waals surface area contributed by atoms with E-state index in [1.807, 2.05) is 32.0 Å². The number of nitrogens with zero attached hydrogens (tertiary/aromatic N) is 2. The molecule has 9 heteroatoms. The van der Waals surface area contributed by atoms with Crippen LogP contribution in [0.3, 0.4) is 0 Å². The number of hydrazine groups is 1. The summed E-state index contributed by atoms with van der Waals surface area (Å²) in [6.07, 6.45) is 0. The molecule has 3 aromatic rings. The average molecular weight is 489 g/mol. The number of amides is 2. The van der Waals surface area contributed by atoms with Crippen molar-refractivity contribution in [3.8, 4) is 0 Å². The van der Waals surface area contributed by atoms with Crippen molar-refractivity contribution >= 4 is 39.5 Å². The molecule has 0 aliphatic rings. The van der Waals surface area contributed by atoms with Gasteiger partial charge in [-0.2, -0.15) is 0 Å².